The number of piperidine rings is 4. The lowest BCUT2D eigenvalue weighted by Crippen LogP contribution is -2.82. The quantitative estimate of drug-likeness (QED) is 0.754. The Morgan fingerprint density at radius 2 is 1.77 bits per heavy atom. The molecule has 5 bridgehead atoms. The molecule has 0 radical (unpaired) electrons. The van der Waals surface area contributed by atoms with Gasteiger partial charge < -0.3 is 15.1 Å². The van der Waals surface area contributed by atoms with Gasteiger partial charge in [0.1, 0.15) is 12.6 Å². The van der Waals surface area contributed by atoms with Crippen LogP contribution in [0.1, 0.15) is 37.3 Å². The molecule has 5 fully saturated rings. The molecule has 5 aliphatic heterocycles. The van der Waals surface area contributed by atoms with E-state index in [1.54, 1.807) is 0 Å². The minimum Gasteiger partial charge on any atom is -0.392 e. The van der Waals surface area contributed by atoms with Gasteiger partial charge in [0, 0.05) is 43.0 Å². The van der Waals surface area contributed by atoms with E-state index < -0.39 is 0 Å². The predicted octanol–water partition coefficient (Wildman–Crippen LogP) is 3.27. The van der Waals surface area contributed by atoms with Crippen LogP contribution in [-0.2, 0) is 12.0 Å². The number of hydrogen-bond donors (Lipinski definition) is 2. The number of para-hydroxylation sites is 1. The van der Waals surface area contributed by atoms with Crippen molar-refractivity contribution in [1.29, 1.82) is 0 Å². The summed E-state index contributed by atoms with van der Waals surface area (Å²) in [6.07, 6.45) is 2.47. The lowest BCUT2D eigenvalue weighted by Gasteiger charge is -2.68. The molecule has 8 rings (SSSR count). The summed E-state index contributed by atoms with van der Waals surface area (Å²) in [5, 5.41) is 24.1. The van der Waals surface area contributed by atoms with E-state index in [0.29, 0.717) is 18.0 Å². The Morgan fingerprint density at radius 3 is 2.55 bits per heavy atom. The van der Waals surface area contributed by atoms with E-state index in [0.717, 1.165) is 30.3 Å². The highest BCUT2D eigenvalue weighted by molar-refractivity contribution is 5.66. The van der Waals surface area contributed by atoms with Crippen molar-refractivity contribution in [3.05, 3.63) is 65.7 Å². The van der Waals surface area contributed by atoms with Crippen LogP contribution in [0.15, 0.2) is 54.6 Å². The van der Waals surface area contributed by atoms with Crippen LogP contribution in [-0.4, -0.2) is 52.2 Å². The van der Waals surface area contributed by atoms with Crippen molar-refractivity contribution in [2.45, 2.75) is 68.6 Å². The van der Waals surface area contributed by atoms with Gasteiger partial charge in [0.25, 0.3) is 0 Å². The Balaban J connectivity index is 1.47. The number of rotatable bonds is 3. The molecule has 6 aliphatic rings. The molecule has 0 unspecified atom stereocenters. The maximum Gasteiger partial charge on any atom is 0.194 e. The maximum absolute atomic E-state index is 12.1. The van der Waals surface area contributed by atoms with Crippen molar-refractivity contribution in [3.8, 4) is 0 Å². The summed E-state index contributed by atoms with van der Waals surface area (Å²) in [6, 6.07) is 20.5. The third kappa shape index (κ3) is 1.88. The number of aliphatic hydroxyl groups excluding tert-OH is 2. The van der Waals surface area contributed by atoms with Gasteiger partial charge in [-0.3, -0.25) is 4.48 Å². The van der Waals surface area contributed by atoms with Crippen molar-refractivity contribution >= 4 is 5.69 Å². The van der Waals surface area contributed by atoms with E-state index in [4.69, 9.17) is 0 Å². The fourth-order valence-electron chi connectivity index (χ4n) is 9.60. The van der Waals surface area contributed by atoms with Gasteiger partial charge in [0.15, 0.2) is 6.23 Å². The molecule has 4 saturated heterocycles. The second-order valence-electron chi connectivity index (χ2n) is 11.0. The molecule has 1 aliphatic carbocycles. The number of quaternary nitrogens is 1. The molecule has 162 valence electrons. The highest BCUT2D eigenvalue weighted by atomic mass is 16.3. The van der Waals surface area contributed by atoms with E-state index in [9.17, 15) is 10.2 Å². The summed E-state index contributed by atoms with van der Waals surface area (Å²) in [6.45, 7) is 3.11. The minimum absolute atomic E-state index is 0.180. The van der Waals surface area contributed by atoms with Crippen molar-refractivity contribution in [3.63, 3.8) is 0 Å². The number of hydrogen-bond acceptors (Lipinski definition) is 3. The number of likely N-dealkylation sites (N-methyl/N-ethyl adjacent to an activating group) is 1. The fourth-order valence-corrected chi connectivity index (χ4v) is 9.60. The van der Waals surface area contributed by atoms with E-state index >= 15 is 0 Å². The number of anilines is 1. The molecule has 2 aromatic carbocycles. The predicted molar refractivity (Wildman–Crippen MR) is 120 cm³/mol. The first kappa shape index (κ1) is 18.7. The molecule has 5 heterocycles. The summed E-state index contributed by atoms with van der Waals surface area (Å²) in [4.78, 5) is 2.47. The second-order valence-corrected chi connectivity index (χ2v) is 11.0. The van der Waals surface area contributed by atoms with Crippen LogP contribution in [0.25, 0.3) is 0 Å². The largest absolute Gasteiger partial charge is 0.392 e. The monoisotopic (exact) mass is 417 g/mol. The summed E-state index contributed by atoms with van der Waals surface area (Å²) < 4.78 is 0.769. The van der Waals surface area contributed by atoms with E-state index in [2.05, 4.69) is 73.5 Å². The van der Waals surface area contributed by atoms with Gasteiger partial charge in [-0.25, -0.2) is 0 Å². The molecule has 4 nitrogen and oxygen atoms in total. The number of fused-ring (bicyclic) bond motifs is 2. The topological polar surface area (TPSA) is 43.7 Å². The smallest absolute Gasteiger partial charge is 0.194 e. The van der Waals surface area contributed by atoms with Gasteiger partial charge >= 0.3 is 0 Å². The summed E-state index contributed by atoms with van der Waals surface area (Å²) in [5.74, 6) is 1.01. The Bertz CT molecular complexity index is 1040. The molecule has 10 atom stereocenters. The van der Waals surface area contributed by atoms with Crippen LogP contribution in [0.3, 0.4) is 0 Å². The lowest BCUT2D eigenvalue weighted by molar-refractivity contribution is -1.05. The Labute approximate surface area is 184 Å². The van der Waals surface area contributed by atoms with Crippen molar-refractivity contribution in [2.75, 3.05) is 11.9 Å². The van der Waals surface area contributed by atoms with E-state index in [1.165, 1.54) is 16.8 Å². The zero-order chi connectivity index (χ0) is 21.1. The first-order valence-corrected chi connectivity index (χ1v) is 12.1. The molecular weight excluding hydrogens is 384 g/mol. The van der Waals surface area contributed by atoms with Gasteiger partial charge in [-0.1, -0.05) is 55.5 Å². The highest BCUT2D eigenvalue weighted by Gasteiger charge is 2.82. The number of benzene rings is 2. The molecule has 0 amide bonds. The van der Waals surface area contributed by atoms with Gasteiger partial charge in [-0.15, -0.1) is 0 Å². The molecule has 31 heavy (non-hydrogen) atoms. The van der Waals surface area contributed by atoms with Gasteiger partial charge in [-0.05, 0) is 24.0 Å². The summed E-state index contributed by atoms with van der Waals surface area (Å²) >= 11 is 0. The third-order valence-corrected chi connectivity index (χ3v) is 10.4. The minimum atomic E-state index is -0.337. The average molecular weight is 418 g/mol. The maximum atomic E-state index is 12.1. The molecule has 1 spiro atoms. The van der Waals surface area contributed by atoms with Crippen molar-refractivity contribution < 1.29 is 14.7 Å². The Morgan fingerprint density at radius 1 is 1.03 bits per heavy atom. The molecule has 1 saturated carbocycles. The van der Waals surface area contributed by atoms with Gasteiger partial charge in [0.2, 0.25) is 0 Å². The fraction of sp³-hybridized carbons (Fsp3) is 0.556. The third-order valence-electron chi connectivity index (χ3n) is 10.4. The van der Waals surface area contributed by atoms with Crippen LogP contribution in [0.4, 0.5) is 5.69 Å². The van der Waals surface area contributed by atoms with E-state index in [-0.39, 0.29) is 35.6 Å². The zero-order valence-electron chi connectivity index (χ0n) is 18.4. The average Bonchev–Trinajstić information content (AvgIpc) is 3.18. The first-order valence-electron chi connectivity index (χ1n) is 12.1. The van der Waals surface area contributed by atoms with Gasteiger partial charge in [0.05, 0.1) is 23.6 Å². The lowest BCUT2D eigenvalue weighted by atomic mass is 9.60. The zero-order valence-corrected chi connectivity index (χ0v) is 18.4. The standard InChI is InChI=1S/C27H33N2O2/c1-3-17-18-13-21-24-27(19-11-7-8-12-20(19)28(24)2)14-22(23(18)25(27)30)29(21,26(17)31)15-16-9-5-4-6-10-16/h4-12,17-18,21-26,30-31H,3,13-15H2,1-2H3/q+1/t17-,18-,21-,22-,23+,24-,25-,26+,27-,29-/m0/s1. The molecule has 2 aromatic rings. The molecule has 2 N–H and O–H groups in total. The van der Waals surface area contributed by atoms with Crippen LogP contribution >= 0.6 is 0 Å². The first-order chi connectivity index (χ1) is 15.1. The van der Waals surface area contributed by atoms with Crippen molar-refractivity contribution in [1.82, 2.24) is 0 Å². The van der Waals surface area contributed by atoms with Crippen molar-refractivity contribution in [2.24, 2.45) is 17.8 Å². The van der Waals surface area contributed by atoms with Crippen LogP contribution in [0, 0.1) is 17.8 Å². The molecular formula is C27H33N2O2+. The summed E-state index contributed by atoms with van der Waals surface area (Å²) in [7, 11) is 2.23. The number of nitrogens with zero attached hydrogens (tertiary/aromatic N) is 2. The van der Waals surface area contributed by atoms with Crippen LogP contribution in [0.2, 0.25) is 0 Å². The molecule has 4 heteroatoms. The molecule has 0 aromatic heterocycles. The van der Waals surface area contributed by atoms with E-state index in [1.807, 2.05) is 0 Å². The Hall–Kier alpha value is -1.88. The second kappa shape index (κ2) is 5.92. The summed E-state index contributed by atoms with van der Waals surface area (Å²) in [5.41, 5.74) is 3.78. The highest BCUT2D eigenvalue weighted by Crippen LogP contribution is 2.71. The Kier molecular flexibility index (Phi) is 3.56. The SMILES string of the molecule is CC[C@H]1[C@@H]2C[C@H]3[C@@H]4N(C)c5ccccc5[C@@]45C[C@@H]([C@@H]2[C@@H]5O)[N@@+]3(Cc2ccccc2)[C@@H]1O. The van der Waals surface area contributed by atoms with Crippen LogP contribution in [0.5, 0.6) is 0 Å². The van der Waals surface area contributed by atoms with Gasteiger partial charge in [-0.2, -0.15) is 0 Å². The normalized spacial score (nSPS) is 48.2. The number of aliphatic hydroxyl groups is 2. The van der Waals surface area contributed by atoms with Crippen LogP contribution < -0.4 is 4.90 Å².